The monoisotopic (exact) mass is 401 g/mol. The number of nitriles is 3. The van der Waals surface area contributed by atoms with Gasteiger partial charge in [0, 0.05) is 24.9 Å². The summed E-state index contributed by atoms with van der Waals surface area (Å²) in [4.78, 5) is 13.9. The summed E-state index contributed by atoms with van der Waals surface area (Å²) in [5.74, 6) is -2.06. The van der Waals surface area contributed by atoms with Gasteiger partial charge in [-0.15, -0.1) is 0 Å². The standard InChI is InChI=1S/C23H23N5O2/c1-3-15-5-7-16(8-6-15)20-19-12-28(22(29)30-4-2)10-9-17(19)18(11-24)21(27)23(20,13-25)14-26/h5-9,18-20,27H,3-4,10,12H2,1-2H3/t18-,19-,20+/m0/s1. The van der Waals surface area contributed by atoms with Crippen molar-refractivity contribution in [2.45, 2.75) is 26.2 Å². The quantitative estimate of drug-likeness (QED) is 0.775. The van der Waals surface area contributed by atoms with Crippen LogP contribution in [0.5, 0.6) is 0 Å². The van der Waals surface area contributed by atoms with Crippen LogP contribution in [-0.4, -0.2) is 36.4 Å². The normalized spacial score (nSPS) is 24.5. The maximum absolute atomic E-state index is 12.4. The minimum atomic E-state index is -1.78. The van der Waals surface area contributed by atoms with Gasteiger partial charge in [0.2, 0.25) is 0 Å². The van der Waals surface area contributed by atoms with Crippen LogP contribution in [0, 0.1) is 56.7 Å². The van der Waals surface area contributed by atoms with E-state index in [1.165, 1.54) is 4.90 Å². The fourth-order valence-corrected chi connectivity index (χ4v) is 4.51. The van der Waals surface area contributed by atoms with Gasteiger partial charge in [-0.2, -0.15) is 15.8 Å². The zero-order chi connectivity index (χ0) is 21.9. The molecule has 30 heavy (non-hydrogen) atoms. The van der Waals surface area contributed by atoms with Gasteiger partial charge in [0.15, 0.2) is 5.41 Å². The molecular weight excluding hydrogens is 378 g/mol. The van der Waals surface area contributed by atoms with Gasteiger partial charge in [0.1, 0.15) is 5.92 Å². The average molecular weight is 401 g/mol. The summed E-state index contributed by atoms with van der Waals surface area (Å²) in [6.07, 6.45) is 2.16. The van der Waals surface area contributed by atoms with Gasteiger partial charge in [0.25, 0.3) is 0 Å². The number of nitrogens with one attached hydrogen (secondary N) is 1. The molecule has 0 bridgehead atoms. The predicted molar refractivity (Wildman–Crippen MR) is 109 cm³/mol. The third kappa shape index (κ3) is 3.21. The Kier molecular flexibility index (Phi) is 5.90. The third-order valence-corrected chi connectivity index (χ3v) is 6.06. The van der Waals surface area contributed by atoms with Crippen molar-refractivity contribution in [1.82, 2.24) is 4.90 Å². The topological polar surface area (TPSA) is 125 Å². The summed E-state index contributed by atoms with van der Waals surface area (Å²) in [6, 6.07) is 13.9. The lowest BCUT2D eigenvalue weighted by atomic mass is 9.54. The molecule has 1 saturated carbocycles. The fourth-order valence-electron chi connectivity index (χ4n) is 4.51. The summed E-state index contributed by atoms with van der Waals surface area (Å²) in [5.41, 5.74) is 0.596. The van der Waals surface area contributed by atoms with Crippen molar-refractivity contribution in [3.63, 3.8) is 0 Å². The highest BCUT2D eigenvalue weighted by Crippen LogP contribution is 2.53. The largest absolute Gasteiger partial charge is 0.450 e. The molecule has 0 spiro atoms. The van der Waals surface area contributed by atoms with Crippen LogP contribution in [-0.2, 0) is 11.2 Å². The van der Waals surface area contributed by atoms with Gasteiger partial charge in [-0.1, -0.05) is 37.3 Å². The van der Waals surface area contributed by atoms with E-state index in [2.05, 4.69) is 18.2 Å². The molecule has 3 rings (SSSR count). The number of nitrogens with zero attached hydrogens (tertiary/aromatic N) is 4. The highest BCUT2D eigenvalue weighted by atomic mass is 16.6. The van der Waals surface area contributed by atoms with Crippen molar-refractivity contribution in [1.29, 1.82) is 21.2 Å². The minimum absolute atomic E-state index is 0.188. The van der Waals surface area contributed by atoms with Crippen LogP contribution in [0.2, 0.25) is 0 Å². The molecule has 2 aliphatic rings. The zero-order valence-corrected chi connectivity index (χ0v) is 17.1. The highest BCUT2D eigenvalue weighted by molar-refractivity contribution is 6.00. The SMILES string of the molecule is CCOC(=O)N1CC=C2[C@H](C#N)C(=N)C(C#N)(C#N)[C@H](c3ccc(CC)cc3)[C@H]2C1. The Bertz CT molecular complexity index is 992. The van der Waals surface area contributed by atoms with Crippen molar-refractivity contribution in [2.24, 2.45) is 17.3 Å². The Morgan fingerprint density at radius 2 is 1.90 bits per heavy atom. The first-order chi connectivity index (χ1) is 14.5. The number of ether oxygens (including phenoxy) is 1. The first kappa shape index (κ1) is 21.1. The molecule has 0 unspecified atom stereocenters. The second-order valence-electron chi connectivity index (χ2n) is 7.49. The molecule has 1 amide bonds. The predicted octanol–water partition coefficient (Wildman–Crippen LogP) is 3.55. The lowest BCUT2D eigenvalue weighted by Gasteiger charge is -2.47. The number of benzene rings is 1. The van der Waals surface area contributed by atoms with Gasteiger partial charge in [-0.3, -0.25) is 0 Å². The van der Waals surface area contributed by atoms with Crippen LogP contribution in [0.15, 0.2) is 35.9 Å². The summed E-state index contributed by atoms with van der Waals surface area (Å²) < 4.78 is 5.13. The number of hydrogen-bond acceptors (Lipinski definition) is 6. The molecule has 152 valence electrons. The maximum Gasteiger partial charge on any atom is 0.410 e. The first-order valence-corrected chi connectivity index (χ1v) is 9.98. The maximum atomic E-state index is 12.4. The molecule has 3 atom stereocenters. The van der Waals surface area contributed by atoms with Crippen LogP contribution in [0.25, 0.3) is 0 Å². The number of carbonyl (C=O) groups is 1. The fraction of sp³-hybridized carbons (Fsp3) is 0.435. The Labute approximate surface area is 176 Å². The van der Waals surface area contributed by atoms with Gasteiger partial charge in [-0.05, 0) is 30.0 Å². The van der Waals surface area contributed by atoms with E-state index in [4.69, 9.17) is 10.1 Å². The van der Waals surface area contributed by atoms with E-state index >= 15 is 0 Å². The average Bonchev–Trinajstić information content (AvgIpc) is 2.78. The Morgan fingerprint density at radius 1 is 1.23 bits per heavy atom. The van der Waals surface area contributed by atoms with Crippen LogP contribution in [0.3, 0.4) is 0 Å². The first-order valence-electron chi connectivity index (χ1n) is 9.98. The number of hydrogen-bond donors (Lipinski definition) is 1. The van der Waals surface area contributed by atoms with Crippen molar-refractivity contribution in [3.05, 3.63) is 47.0 Å². The molecule has 0 radical (unpaired) electrons. The molecule has 0 aromatic heterocycles. The van der Waals surface area contributed by atoms with E-state index in [1.807, 2.05) is 31.2 Å². The van der Waals surface area contributed by atoms with Crippen LogP contribution in [0.4, 0.5) is 4.79 Å². The van der Waals surface area contributed by atoms with Gasteiger partial charge in [0.05, 0.1) is 30.5 Å². The van der Waals surface area contributed by atoms with Crippen LogP contribution >= 0.6 is 0 Å². The molecule has 1 fully saturated rings. The molecule has 1 aromatic carbocycles. The van der Waals surface area contributed by atoms with Crippen LogP contribution in [0.1, 0.15) is 30.9 Å². The minimum Gasteiger partial charge on any atom is -0.450 e. The molecule has 7 heteroatoms. The lowest BCUT2D eigenvalue weighted by Crippen LogP contribution is -2.53. The van der Waals surface area contributed by atoms with E-state index in [0.717, 1.165) is 17.5 Å². The second kappa shape index (κ2) is 8.39. The summed E-state index contributed by atoms with van der Waals surface area (Å²) in [5, 5.41) is 38.5. The van der Waals surface area contributed by atoms with Gasteiger partial charge in [-0.25, -0.2) is 4.79 Å². The molecule has 0 saturated heterocycles. The van der Waals surface area contributed by atoms with E-state index in [1.54, 1.807) is 13.0 Å². The number of rotatable bonds is 3. The van der Waals surface area contributed by atoms with Crippen molar-refractivity contribution < 1.29 is 9.53 Å². The molecule has 1 aromatic rings. The summed E-state index contributed by atoms with van der Waals surface area (Å²) in [6.45, 7) is 4.50. The molecule has 7 nitrogen and oxygen atoms in total. The third-order valence-electron chi connectivity index (χ3n) is 6.06. The summed E-state index contributed by atoms with van der Waals surface area (Å²) >= 11 is 0. The Hall–Kier alpha value is -3.63. The number of fused-ring (bicyclic) bond motifs is 1. The van der Waals surface area contributed by atoms with E-state index in [0.29, 0.717) is 5.57 Å². The van der Waals surface area contributed by atoms with Gasteiger partial charge >= 0.3 is 6.09 Å². The van der Waals surface area contributed by atoms with Crippen molar-refractivity contribution >= 4 is 11.8 Å². The Morgan fingerprint density at radius 3 is 2.43 bits per heavy atom. The van der Waals surface area contributed by atoms with Crippen LogP contribution < -0.4 is 0 Å². The molecule has 1 N–H and O–H groups in total. The smallest absolute Gasteiger partial charge is 0.410 e. The molecule has 1 aliphatic heterocycles. The molecule has 1 aliphatic carbocycles. The van der Waals surface area contributed by atoms with E-state index in [-0.39, 0.29) is 25.4 Å². The number of carbonyl (C=O) groups excluding carboxylic acids is 1. The molecule has 1 heterocycles. The van der Waals surface area contributed by atoms with Crippen molar-refractivity contribution in [3.8, 4) is 18.2 Å². The molecular formula is C23H23N5O2. The zero-order valence-electron chi connectivity index (χ0n) is 17.1. The number of aryl methyl sites for hydroxylation is 1. The lowest BCUT2D eigenvalue weighted by molar-refractivity contribution is 0.0992. The summed E-state index contributed by atoms with van der Waals surface area (Å²) in [7, 11) is 0. The van der Waals surface area contributed by atoms with Gasteiger partial charge < -0.3 is 15.0 Å². The highest BCUT2D eigenvalue weighted by Gasteiger charge is 2.58. The van der Waals surface area contributed by atoms with Crippen molar-refractivity contribution in [2.75, 3.05) is 19.7 Å². The van der Waals surface area contributed by atoms with E-state index < -0.39 is 29.3 Å². The second-order valence-corrected chi connectivity index (χ2v) is 7.49. The number of amides is 1. The van der Waals surface area contributed by atoms with E-state index in [9.17, 15) is 20.6 Å². The Balaban J connectivity index is 2.17.